The maximum atomic E-state index is 6.37. The van der Waals surface area contributed by atoms with E-state index in [1.165, 1.54) is 11.1 Å². The van der Waals surface area contributed by atoms with Crippen molar-refractivity contribution in [1.29, 1.82) is 0 Å². The zero-order valence-corrected chi connectivity index (χ0v) is 17.6. The van der Waals surface area contributed by atoms with Crippen LogP contribution < -0.4 is 0 Å². The third-order valence-electron chi connectivity index (χ3n) is 3.43. The summed E-state index contributed by atoms with van der Waals surface area (Å²) in [5.41, 5.74) is 2.05. The van der Waals surface area contributed by atoms with E-state index in [4.69, 9.17) is 9.47 Å². The van der Waals surface area contributed by atoms with E-state index in [1.54, 1.807) is 11.3 Å². The summed E-state index contributed by atoms with van der Waals surface area (Å²) >= 11 is -0.279. The van der Waals surface area contributed by atoms with Crippen LogP contribution in [0.5, 0.6) is 0 Å². The summed E-state index contributed by atoms with van der Waals surface area (Å²) in [5, 5.41) is 4.21. The van der Waals surface area contributed by atoms with E-state index in [2.05, 4.69) is 62.8 Å². The maximum absolute atomic E-state index is 6.37. The molecule has 0 bridgehead atoms. The van der Waals surface area contributed by atoms with Crippen LogP contribution in [0.2, 0.25) is 14.8 Å². The fourth-order valence-corrected chi connectivity index (χ4v) is 4.91. The van der Waals surface area contributed by atoms with Crippen molar-refractivity contribution in [3.05, 3.63) is 58.3 Å². The van der Waals surface area contributed by atoms with Gasteiger partial charge in [-0.15, -0.1) is 0 Å². The fraction of sp³-hybridized carbons (Fsp3) is 0.444. The van der Waals surface area contributed by atoms with Gasteiger partial charge in [-0.05, 0) is 0 Å². The van der Waals surface area contributed by atoms with Crippen LogP contribution >= 0.6 is 11.3 Å². The van der Waals surface area contributed by atoms with Gasteiger partial charge < -0.3 is 0 Å². The first-order valence-electron chi connectivity index (χ1n) is 7.67. The molecule has 0 saturated heterocycles. The molecule has 0 amide bonds. The summed E-state index contributed by atoms with van der Waals surface area (Å²) in [7, 11) is 0. The Morgan fingerprint density at radius 1 is 1.09 bits per heavy atom. The average molecular weight is 425 g/mol. The number of ether oxygens (including phenoxy) is 2. The molecular formula is C18H26O2SSn. The van der Waals surface area contributed by atoms with Gasteiger partial charge in [-0.25, -0.2) is 0 Å². The second kappa shape index (κ2) is 7.95. The molecule has 0 fully saturated rings. The molecule has 2 rings (SSSR count). The number of hydrogen-bond acceptors (Lipinski definition) is 3. The van der Waals surface area contributed by atoms with Gasteiger partial charge in [-0.3, -0.25) is 0 Å². The van der Waals surface area contributed by atoms with Gasteiger partial charge in [-0.1, -0.05) is 0 Å². The third kappa shape index (κ3) is 5.69. The van der Waals surface area contributed by atoms with Crippen LogP contribution in [0.1, 0.15) is 18.1 Å². The van der Waals surface area contributed by atoms with Gasteiger partial charge >= 0.3 is 143 Å². The Morgan fingerprint density at radius 2 is 1.82 bits per heavy atom. The van der Waals surface area contributed by atoms with Crippen molar-refractivity contribution in [2.75, 3.05) is 11.2 Å². The van der Waals surface area contributed by atoms with Crippen molar-refractivity contribution < 1.29 is 9.47 Å². The number of hydrogen-bond donors (Lipinski definition) is 0. The summed E-state index contributed by atoms with van der Waals surface area (Å²) in [6.45, 7) is 3.37. The second-order valence-corrected chi connectivity index (χ2v) is 23.3. The normalized spacial score (nSPS) is 14.7. The molecule has 1 heterocycles. The number of rotatable bonds is 8. The molecule has 0 saturated carbocycles. The molecule has 1 atom stereocenters. The fourth-order valence-electron chi connectivity index (χ4n) is 2.11. The van der Waals surface area contributed by atoms with Crippen LogP contribution in [-0.4, -0.2) is 29.6 Å². The molecule has 4 heteroatoms. The van der Waals surface area contributed by atoms with Crippen molar-refractivity contribution in [2.45, 2.75) is 34.0 Å². The Kier molecular flexibility index (Phi) is 6.50. The molecule has 1 aromatic carbocycles. The van der Waals surface area contributed by atoms with Crippen molar-refractivity contribution in [3.8, 4) is 0 Å². The topological polar surface area (TPSA) is 18.5 Å². The Morgan fingerprint density at radius 3 is 2.41 bits per heavy atom. The molecule has 0 aliphatic heterocycles. The Hall–Kier alpha value is -0.361. The summed E-state index contributed by atoms with van der Waals surface area (Å²) in [6.07, 6.45) is 0. The van der Waals surface area contributed by atoms with Crippen molar-refractivity contribution >= 4 is 29.7 Å². The Balaban J connectivity index is 2.04. The standard InChI is InChI=1S/C15H17O2S.3CH3.Sn/c1-15(16-2,14-6-4-3-5-7-14)12-17-10-13-8-9-18-11-13;;;;/h3-9,11H,2,10,12H2,1H3;3*1H3;. The van der Waals surface area contributed by atoms with Crippen molar-refractivity contribution in [2.24, 2.45) is 0 Å². The van der Waals surface area contributed by atoms with Crippen LogP contribution in [0.4, 0.5) is 0 Å². The van der Waals surface area contributed by atoms with Crippen LogP contribution in [0.3, 0.4) is 0 Å². The van der Waals surface area contributed by atoms with Crippen LogP contribution in [0.15, 0.2) is 47.2 Å². The second-order valence-electron chi connectivity index (χ2n) is 7.07. The molecular weight excluding hydrogens is 399 g/mol. The summed E-state index contributed by atoms with van der Waals surface area (Å²) < 4.78 is 13.2. The number of thiophene rings is 1. The van der Waals surface area contributed by atoms with E-state index in [9.17, 15) is 0 Å². The summed E-state index contributed by atoms with van der Waals surface area (Å²) in [6, 6.07) is 12.5. The minimum absolute atomic E-state index is 0.374. The Bertz CT molecular complexity index is 548. The van der Waals surface area contributed by atoms with Gasteiger partial charge in [0.2, 0.25) is 0 Å². The molecule has 120 valence electrons. The van der Waals surface area contributed by atoms with E-state index in [0.29, 0.717) is 13.2 Å². The van der Waals surface area contributed by atoms with E-state index in [1.807, 2.05) is 6.07 Å². The van der Waals surface area contributed by atoms with Gasteiger partial charge in [0.05, 0.1) is 0 Å². The van der Waals surface area contributed by atoms with Crippen molar-refractivity contribution in [3.63, 3.8) is 0 Å². The van der Waals surface area contributed by atoms with E-state index < -0.39 is 18.4 Å². The summed E-state index contributed by atoms with van der Waals surface area (Å²) in [5.74, 6) is 0. The third-order valence-corrected chi connectivity index (χ3v) is 7.05. The molecule has 2 aromatic rings. The van der Waals surface area contributed by atoms with Crippen LogP contribution in [-0.2, 0) is 21.7 Å². The van der Waals surface area contributed by atoms with Gasteiger partial charge in [-0.2, -0.15) is 0 Å². The van der Waals surface area contributed by atoms with Gasteiger partial charge in [0.1, 0.15) is 0 Å². The molecule has 0 aliphatic carbocycles. The van der Waals surface area contributed by atoms with Gasteiger partial charge in [0, 0.05) is 0 Å². The van der Waals surface area contributed by atoms with Gasteiger partial charge in [0.15, 0.2) is 0 Å². The quantitative estimate of drug-likeness (QED) is 0.550. The van der Waals surface area contributed by atoms with E-state index >= 15 is 0 Å². The molecule has 0 radical (unpaired) electrons. The first-order chi connectivity index (χ1) is 10.4. The molecule has 0 aliphatic rings. The zero-order valence-electron chi connectivity index (χ0n) is 14.0. The molecule has 1 aromatic heterocycles. The SMILES string of the molecule is CC(COCc1ccsc1)(O[CH2][Sn]([CH3])([CH3])[CH3])c1ccccc1. The minimum atomic E-state index is -1.98. The first kappa shape index (κ1) is 18.0. The van der Waals surface area contributed by atoms with Crippen LogP contribution in [0, 0.1) is 0 Å². The zero-order chi connectivity index (χ0) is 16.1. The van der Waals surface area contributed by atoms with Crippen LogP contribution in [0.25, 0.3) is 0 Å². The Labute approximate surface area is 142 Å². The average Bonchev–Trinajstić information content (AvgIpc) is 2.99. The van der Waals surface area contributed by atoms with Gasteiger partial charge in [0.25, 0.3) is 0 Å². The summed E-state index contributed by atoms with van der Waals surface area (Å²) in [4.78, 5) is 7.19. The molecule has 0 spiro atoms. The number of benzene rings is 1. The van der Waals surface area contributed by atoms with E-state index in [0.717, 1.165) is 4.62 Å². The molecule has 1 unspecified atom stereocenters. The molecule has 0 N–H and O–H groups in total. The first-order valence-corrected chi connectivity index (χ1v) is 19.2. The predicted molar refractivity (Wildman–Crippen MR) is 97.1 cm³/mol. The van der Waals surface area contributed by atoms with Crippen molar-refractivity contribution in [1.82, 2.24) is 0 Å². The molecule has 2 nitrogen and oxygen atoms in total. The predicted octanol–water partition coefficient (Wildman–Crippen LogP) is 5.07. The molecule has 22 heavy (non-hydrogen) atoms. The van der Waals surface area contributed by atoms with E-state index in [-0.39, 0.29) is 5.60 Å². The monoisotopic (exact) mass is 426 g/mol.